The molecule has 0 amide bonds. The highest BCUT2D eigenvalue weighted by Crippen LogP contribution is 2.15. The molecule has 0 bridgehead atoms. The highest BCUT2D eigenvalue weighted by Gasteiger charge is 2.19. The first-order chi connectivity index (χ1) is 7.09. The van der Waals surface area contributed by atoms with Gasteiger partial charge in [0.1, 0.15) is 17.7 Å². The highest BCUT2D eigenvalue weighted by molar-refractivity contribution is 5.32. The summed E-state index contributed by atoms with van der Waals surface area (Å²) in [7, 11) is 0. The molecule has 1 fully saturated rings. The monoisotopic (exact) mass is 169 g/mol. The van der Waals surface area contributed by atoms with Gasteiger partial charge in [0.25, 0.3) is 0 Å². The quantitative estimate of drug-likeness (QED) is 0.698. The molecule has 2 heterocycles. The van der Waals surface area contributed by atoms with Gasteiger partial charge >= 0.3 is 0 Å². The number of anilines is 1. The molecule has 0 aliphatic carbocycles. The van der Waals surface area contributed by atoms with Crippen LogP contribution >= 0.6 is 0 Å². The van der Waals surface area contributed by atoms with Gasteiger partial charge in [0.15, 0.2) is 0 Å². The molecule has 0 spiro atoms. The number of nitrogens with zero attached hydrogens (tertiary/aromatic N) is 1. The summed E-state index contributed by atoms with van der Waals surface area (Å²) in [5.41, 5.74) is 5.35. The zero-order valence-corrected chi connectivity index (χ0v) is 6.33. The van der Waals surface area contributed by atoms with Gasteiger partial charge in [-0.25, -0.2) is 4.98 Å². The second-order valence-electron chi connectivity index (χ2n) is 2.47. The van der Waals surface area contributed by atoms with E-state index in [0.29, 0.717) is 13.2 Å². The van der Waals surface area contributed by atoms with Gasteiger partial charge in [-0.3, -0.25) is 0 Å². The summed E-state index contributed by atoms with van der Waals surface area (Å²) in [6.45, 7) is 0.882. The fourth-order valence-electron chi connectivity index (χ4n) is 0.792. The molecular formula is C8H10N2O2. The van der Waals surface area contributed by atoms with Gasteiger partial charge in [0.05, 0.1) is 23.5 Å². The Bertz CT molecular complexity index is 396. The molecule has 4 heteroatoms. The summed E-state index contributed by atoms with van der Waals surface area (Å²) in [5.74, 6) is -0.121. The van der Waals surface area contributed by atoms with Crippen LogP contribution in [0.4, 0.5) is 5.82 Å². The Morgan fingerprint density at radius 1 is 1.67 bits per heavy atom. The van der Waals surface area contributed by atoms with Crippen molar-refractivity contribution in [3.63, 3.8) is 0 Å². The summed E-state index contributed by atoms with van der Waals surface area (Å²) in [4.78, 5) is 3.62. The number of hydrogen-bond acceptors (Lipinski definition) is 4. The Labute approximate surface area is 74.5 Å². The second-order valence-corrected chi connectivity index (χ2v) is 2.47. The zero-order chi connectivity index (χ0) is 11.0. The van der Waals surface area contributed by atoms with Crippen LogP contribution in [0.25, 0.3) is 0 Å². The predicted octanol–water partition coefficient (Wildman–Crippen LogP) is 0.441. The molecule has 1 aromatic heterocycles. The van der Waals surface area contributed by atoms with Gasteiger partial charge in [-0.2, -0.15) is 0 Å². The number of rotatable bonds is 2. The predicted molar refractivity (Wildman–Crippen MR) is 43.9 cm³/mol. The van der Waals surface area contributed by atoms with E-state index in [1.54, 1.807) is 0 Å². The van der Waals surface area contributed by atoms with Crippen molar-refractivity contribution >= 4 is 5.82 Å². The van der Waals surface area contributed by atoms with Crippen LogP contribution in [0.15, 0.2) is 18.3 Å². The number of hydrogen-bond donors (Lipinski definition) is 1. The fourth-order valence-corrected chi connectivity index (χ4v) is 0.792. The van der Waals surface area contributed by atoms with Gasteiger partial charge in [0, 0.05) is 0 Å². The van der Waals surface area contributed by atoms with Crippen LogP contribution in [0.3, 0.4) is 0 Å². The minimum atomic E-state index is -0.208. The molecule has 0 unspecified atom stereocenters. The number of nitrogens with two attached hydrogens (primary N) is 1. The lowest BCUT2D eigenvalue weighted by Crippen LogP contribution is -2.38. The first kappa shape index (κ1) is 4.67. The lowest BCUT2D eigenvalue weighted by molar-refractivity contribution is -0.0797. The lowest BCUT2D eigenvalue weighted by atomic mass is 10.3. The first-order valence-electron chi connectivity index (χ1n) is 5.07. The van der Waals surface area contributed by atoms with E-state index in [0.717, 1.165) is 0 Å². The lowest BCUT2D eigenvalue weighted by Gasteiger charge is -2.26. The molecule has 2 rings (SSSR count). The first-order valence-corrected chi connectivity index (χ1v) is 3.57. The van der Waals surface area contributed by atoms with Crippen LogP contribution < -0.4 is 10.5 Å². The van der Waals surface area contributed by atoms with Gasteiger partial charge in [-0.1, -0.05) is 0 Å². The molecule has 0 atom stereocenters. The summed E-state index contributed by atoms with van der Waals surface area (Å²) < 4.78 is 32.7. The zero-order valence-electron chi connectivity index (χ0n) is 9.33. The maximum absolute atomic E-state index is 7.58. The van der Waals surface area contributed by atoms with E-state index >= 15 is 0 Å². The molecule has 2 N–H and O–H groups in total. The van der Waals surface area contributed by atoms with E-state index in [2.05, 4.69) is 4.98 Å². The van der Waals surface area contributed by atoms with Crippen molar-refractivity contribution in [2.75, 3.05) is 18.9 Å². The van der Waals surface area contributed by atoms with Crippen molar-refractivity contribution in [3.05, 3.63) is 18.3 Å². The summed E-state index contributed by atoms with van der Waals surface area (Å²) in [6.07, 6.45) is -0.358. The molecule has 1 aliphatic heterocycles. The van der Waals surface area contributed by atoms with E-state index in [1.165, 1.54) is 0 Å². The van der Waals surface area contributed by atoms with Gasteiger partial charge in [-0.05, 0) is 12.1 Å². The topological polar surface area (TPSA) is 57.4 Å². The van der Waals surface area contributed by atoms with Gasteiger partial charge in [-0.15, -0.1) is 0 Å². The van der Waals surface area contributed by atoms with Crippen LogP contribution in [-0.2, 0) is 4.74 Å². The number of aromatic nitrogens is 1. The minimum absolute atomic E-state index is 0.00231. The van der Waals surface area contributed by atoms with Crippen LogP contribution in [0.5, 0.6) is 5.75 Å². The Morgan fingerprint density at radius 2 is 2.50 bits per heavy atom. The third kappa shape index (κ3) is 1.48. The van der Waals surface area contributed by atoms with Crippen molar-refractivity contribution in [1.82, 2.24) is 4.98 Å². The normalized spacial score (nSPS) is 20.5. The standard InChI is InChI=1S/C8H10N2O2/c9-8-2-1-6(3-10-8)12-7-4-11-5-7/h1-3,7H,4-5H2,(H2,9,10)/i1D,2D,3D. The molecular weight excluding hydrogens is 156 g/mol. The molecule has 0 radical (unpaired) electrons. The summed E-state index contributed by atoms with van der Waals surface area (Å²) >= 11 is 0. The third-order valence-corrected chi connectivity index (χ3v) is 1.47. The third-order valence-electron chi connectivity index (χ3n) is 1.47. The van der Waals surface area contributed by atoms with Crippen LogP contribution in [0.2, 0.25) is 0 Å². The minimum Gasteiger partial charge on any atom is -0.484 e. The van der Waals surface area contributed by atoms with Gasteiger partial charge < -0.3 is 15.2 Å². The Morgan fingerprint density at radius 3 is 3.17 bits per heavy atom. The molecule has 0 saturated carbocycles. The van der Waals surface area contributed by atoms with Crippen molar-refractivity contribution in [2.45, 2.75) is 6.10 Å². The number of nitrogen functional groups attached to an aromatic ring is 1. The summed E-state index contributed by atoms with van der Waals surface area (Å²) in [5, 5.41) is 0. The number of ether oxygens (including phenoxy) is 2. The fraction of sp³-hybridized carbons (Fsp3) is 0.375. The molecule has 1 aliphatic rings. The average molecular weight is 169 g/mol. The SMILES string of the molecule is [2H]c1nc(N)c([2H])c([2H])c1OC1COC1. The van der Waals surface area contributed by atoms with E-state index in [9.17, 15) is 0 Å². The molecule has 4 nitrogen and oxygen atoms in total. The van der Waals surface area contributed by atoms with E-state index in [4.69, 9.17) is 19.3 Å². The molecule has 1 saturated heterocycles. The van der Waals surface area contributed by atoms with Crippen molar-refractivity contribution in [3.8, 4) is 5.75 Å². The largest absolute Gasteiger partial charge is 0.484 e. The number of pyridine rings is 1. The maximum atomic E-state index is 7.58. The van der Waals surface area contributed by atoms with Crippen molar-refractivity contribution < 1.29 is 13.6 Å². The van der Waals surface area contributed by atoms with Crippen LogP contribution in [0, 0.1) is 0 Å². The Hall–Kier alpha value is -1.29. The van der Waals surface area contributed by atoms with Crippen molar-refractivity contribution in [2.24, 2.45) is 0 Å². The summed E-state index contributed by atoms with van der Waals surface area (Å²) in [6, 6.07) is -0.402. The van der Waals surface area contributed by atoms with Crippen molar-refractivity contribution in [1.29, 1.82) is 0 Å². The van der Waals surface area contributed by atoms with E-state index in [1.807, 2.05) is 0 Å². The van der Waals surface area contributed by atoms with Gasteiger partial charge in [0.2, 0.25) is 0 Å². The Kier molecular flexibility index (Phi) is 1.16. The molecule has 0 aromatic carbocycles. The molecule has 12 heavy (non-hydrogen) atoms. The van der Waals surface area contributed by atoms with E-state index < -0.39 is 0 Å². The second kappa shape index (κ2) is 2.98. The highest BCUT2D eigenvalue weighted by atomic mass is 16.6. The smallest absolute Gasteiger partial charge is 0.145 e. The molecule has 64 valence electrons. The van der Waals surface area contributed by atoms with E-state index in [-0.39, 0.29) is 35.9 Å². The average Bonchev–Trinajstić information content (AvgIpc) is 2.11. The van der Waals surface area contributed by atoms with Crippen LogP contribution in [0.1, 0.15) is 4.11 Å². The Balaban J connectivity index is 2.32. The van der Waals surface area contributed by atoms with Crippen LogP contribution in [-0.4, -0.2) is 24.3 Å². The molecule has 1 aromatic rings. The maximum Gasteiger partial charge on any atom is 0.145 e.